The third-order valence-electron chi connectivity index (χ3n) is 3.76. The second kappa shape index (κ2) is 5.98. The maximum absolute atomic E-state index is 6.02. The molecule has 0 aliphatic carbocycles. The summed E-state index contributed by atoms with van der Waals surface area (Å²) < 4.78 is 6.02. The highest BCUT2D eigenvalue weighted by Gasteiger charge is 2.17. The molecule has 0 aromatic carbocycles. The van der Waals surface area contributed by atoms with Crippen molar-refractivity contribution in [3.63, 3.8) is 0 Å². The van der Waals surface area contributed by atoms with Crippen LogP contribution in [0, 0.1) is 13.8 Å². The van der Waals surface area contributed by atoms with Gasteiger partial charge in [-0.3, -0.25) is 9.97 Å². The topological polar surface area (TPSA) is 60.8 Å². The minimum absolute atomic E-state index is 0.550. The summed E-state index contributed by atoms with van der Waals surface area (Å²) >= 11 is 1.65. The smallest absolute Gasteiger partial charge is 0.232 e. The molecule has 24 heavy (non-hydrogen) atoms. The molecule has 0 amide bonds. The zero-order valence-electron chi connectivity index (χ0n) is 13.2. The number of thiophene rings is 1. The molecule has 0 bridgehead atoms. The highest BCUT2D eigenvalue weighted by molar-refractivity contribution is 7.18. The number of pyridine rings is 2. The molecule has 6 heteroatoms. The monoisotopic (exact) mass is 334 g/mol. The number of aryl methyl sites for hydroxylation is 2. The highest BCUT2D eigenvalue weighted by atomic mass is 32.1. The van der Waals surface area contributed by atoms with Crippen molar-refractivity contribution in [1.82, 2.24) is 19.9 Å². The van der Waals surface area contributed by atoms with Gasteiger partial charge < -0.3 is 4.74 Å². The summed E-state index contributed by atoms with van der Waals surface area (Å²) in [6.07, 6.45) is 6.87. The summed E-state index contributed by atoms with van der Waals surface area (Å²) in [5.74, 6) is 1.81. The van der Waals surface area contributed by atoms with Crippen LogP contribution in [0.25, 0.3) is 21.6 Å². The molecule has 0 N–H and O–H groups in total. The van der Waals surface area contributed by atoms with Crippen molar-refractivity contribution < 1.29 is 4.74 Å². The fourth-order valence-corrected chi connectivity index (χ4v) is 3.45. The Morgan fingerprint density at radius 3 is 2.46 bits per heavy atom. The largest absolute Gasteiger partial charge is 0.437 e. The molecule has 4 rings (SSSR count). The number of rotatable bonds is 3. The fourth-order valence-electron chi connectivity index (χ4n) is 2.43. The predicted molar refractivity (Wildman–Crippen MR) is 94.4 cm³/mol. The van der Waals surface area contributed by atoms with Gasteiger partial charge in [-0.25, -0.2) is 4.98 Å². The Kier molecular flexibility index (Phi) is 3.66. The lowest BCUT2D eigenvalue weighted by Gasteiger charge is -2.08. The maximum Gasteiger partial charge on any atom is 0.232 e. The van der Waals surface area contributed by atoms with E-state index in [-0.39, 0.29) is 0 Å². The van der Waals surface area contributed by atoms with Crippen LogP contribution in [-0.2, 0) is 0 Å². The summed E-state index contributed by atoms with van der Waals surface area (Å²) in [6, 6.07) is 7.51. The van der Waals surface area contributed by atoms with E-state index < -0.39 is 0 Å². The number of ether oxygens (including phenoxy) is 1. The number of hydrogen-bond acceptors (Lipinski definition) is 6. The molecule has 0 aliphatic heterocycles. The normalized spacial score (nSPS) is 10.9. The Labute approximate surface area is 143 Å². The first kappa shape index (κ1) is 14.7. The summed E-state index contributed by atoms with van der Waals surface area (Å²) in [6.45, 7) is 4.15. The van der Waals surface area contributed by atoms with E-state index in [0.29, 0.717) is 17.5 Å². The van der Waals surface area contributed by atoms with Gasteiger partial charge >= 0.3 is 0 Å². The van der Waals surface area contributed by atoms with Gasteiger partial charge in [-0.2, -0.15) is 4.98 Å². The molecule has 4 aromatic heterocycles. The van der Waals surface area contributed by atoms with Crippen LogP contribution in [0.2, 0.25) is 0 Å². The molecule has 0 fully saturated rings. The number of hydrogen-bond donors (Lipinski definition) is 0. The lowest BCUT2D eigenvalue weighted by molar-refractivity contribution is 0.466. The first-order valence-electron chi connectivity index (χ1n) is 7.48. The van der Waals surface area contributed by atoms with Crippen molar-refractivity contribution >= 4 is 21.6 Å². The predicted octanol–water partition coefficient (Wildman–Crippen LogP) is 4.56. The van der Waals surface area contributed by atoms with Crippen molar-refractivity contribution in [2.45, 2.75) is 13.8 Å². The van der Waals surface area contributed by atoms with Crippen LogP contribution in [0.15, 0.2) is 49.1 Å². The Hall–Kier alpha value is -2.86. The van der Waals surface area contributed by atoms with Crippen molar-refractivity contribution in [2.24, 2.45) is 0 Å². The van der Waals surface area contributed by atoms with Gasteiger partial charge in [0.05, 0.1) is 11.6 Å². The van der Waals surface area contributed by atoms with Crippen molar-refractivity contribution in [2.75, 3.05) is 0 Å². The van der Waals surface area contributed by atoms with E-state index in [4.69, 9.17) is 9.72 Å². The van der Waals surface area contributed by atoms with Gasteiger partial charge in [0, 0.05) is 29.0 Å². The second-order valence-electron chi connectivity index (χ2n) is 5.35. The number of fused-ring (bicyclic) bond motifs is 1. The van der Waals surface area contributed by atoms with Crippen molar-refractivity contribution in [3.05, 3.63) is 59.5 Å². The van der Waals surface area contributed by atoms with Gasteiger partial charge in [0.2, 0.25) is 5.88 Å². The molecule has 118 valence electrons. The molecule has 0 saturated carbocycles. The fraction of sp³-hybridized carbons (Fsp3) is 0.111. The van der Waals surface area contributed by atoms with Crippen LogP contribution >= 0.6 is 11.3 Å². The molecule has 0 saturated heterocycles. The Bertz CT molecular complexity index is 1000. The zero-order chi connectivity index (χ0) is 16.5. The second-order valence-corrected chi connectivity index (χ2v) is 6.55. The molecule has 0 unspecified atom stereocenters. The molecular weight excluding hydrogens is 320 g/mol. The Balaban J connectivity index is 1.92. The molecule has 0 atom stereocenters. The van der Waals surface area contributed by atoms with Gasteiger partial charge in [-0.05, 0) is 43.7 Å². The van der Waals surface area contributed by atoms with Gasteiger partial charge in [0.15, 0.2) is 5.82 Å². The van der Waals surface area contributed by atoms with Gasteiger partial charge in [-0.15, -0.1) is 11.3 Å². The lowest BCUT2D eigenvalue weighted by atomic mass is 10.2. The van der Waals surface area contributed by atoms with Crippen LogP contribution in [0.3, 0.4) is 0 Å². The standard InChI is InChI=1S/C18H14N4OS/c1-11-12(2)24-18-15(11)17(23-14-6-4-8-20-10-14)21-16(22-18)13-5-3-7-19-9-13/h3-10H,1-2H3. The molecule has 0 aliphatic rings. The van der Waals surface area contributed by atoms with E-state index in [9.17, 15) is 0 Å². The van der Waals surface area contributed by atoms with Crippen LogP contribution < -0.4 is 4.74 Å². The van der Waals surface area contributed by atoms with E-state index in [1.54, 1.807) is 36.1 Å². The average molecular weight is 334 g/mol. The maximum atomic E-state index is 6.02. The van der Waals surface area contributed by atoms with E-state index >= 15 is 0 Å². The van der Waals surface area contributed by atoms with Gasteiger partial charge in [0.1, 0.15) is 10.6 Å². The van der Waals surface area contributed by atoms with E-state index in [0.717, 1.165) is 21.3 Å². The van der Waals surface area contributed by atoms with E-state index in [1.807, 2.05) is 24.3 Å². The highest BCUT2D eigenvalue weighted by Crippen LogP contribution is 2.37. The minimum Gasteiger partial charge on any atom is -0.437 e. The third-order valence-corrected chi connectivity index (χ3v) is 4.87. The number of aromatic nitrogens is 4. The average Bonchev–Trinajstić information content (AvgIpc) is 2.91. The number of nitrogens with zero attached hydrogens (tertiary/aromatic N) is 4. The summed E-state index contributed by atoms with van der Waals surface area (Å²) in [4.78, 5) is 19.7. The molecule has 5 nitrogen and oxygen atoms in total. The van der Waals surface area contributed by atoms with Crippen LogP contribution in [0.5, 0.6) is 11.6 Å². The van der Waals surface area contributed by atoms with Gasteiger partial charge in [-0.1, -0.05) is 0 Å². The molecular formula is C18H14N4OS. The first-order chi connectivity index (χ1) is 11.7. The lowest BCUT2D eigenvalue weighted by Crippen LogP contribution is -1.95. The third kappa shape index (κ3) is 2.61. The van der Waals surface area contributed by atoms with Crippen molar-refractivity contribution in [1.29, 1.82) is 0 Å². The summed E-state index contributed by atoms with van der Waals surface area (Å²) in [5.41, 5.74) is 2.01. The SMILES string of the molecule is Cc1sc2nc(-c3cccnc3)nc(Oc3cccnc3)c2c1C. The quantitative estimate of drug-likeness (QED) is 0.550. The van der Waals surface area contributed by atoms with Crippen LogP contribution in [0.1, 0.15) is 10.4 Å². The van der Waals surface area contributed by atoms with Crippen molar-refractivity contribution in [3.8, 4) is 23.0 Å². The first-order valence-corrected chi connectivity index (χ1v) is 8.30. The Morgan fingerprint density at radius 2 is 1.75 bits per heavy atom. The Morgan fingerprint density at radius 1 is 0.958 bits per heavy atom. The molecule has 0 spiro atoms. The summed E-state index contributed by atoms with van der Waals surface area (Å²) in [7, 11) is 0. The minimum atomic E-state index is 0.550. The van der Waals surface area contributed by atoms with Gasteiger partial charge in [0.25, 0.3) is 0 Å². The summed E-state index contributed by atoms with van der Waals surface area (Å²) in [5, 5.41) is 0.953. The van der Waals surface area contributed by atoms with Crippen LogP contribution in [0.4, 0.5) is 0 Å². The van der Waals surface area contributed by atoms with Crippen LogP contribution in [-0.4, -0.2) is 19.9 Å². The van der Waals surface area contributed by atoms with E-state index in [1.165, 1.54) is 4.88 Å². The molecule has 0 radical (unpaired) electrons. The zero-order valence-corrected chi connectivity index (χ0v) is 14.0. The molecule has 4 aromatic rings. The molecule has 4 heterocycles. The van der Waals surface area contributed by atoms with E-state index in [2.05, 4.69) is 28.8 Å².